The highest BCUT2D eigenvalue weighted by Crippen LogP contribution is 2.10. The van der Waals surface area contributed by atoms with Crippen LogP contribution in [0.2, 0.25) is 0 Å². The Kier molecular flexibility index (Phi) is 2.40. The Morgan fingerprint density at radius 3 is 2.90 bits per heavy atom. The van der Waals surface area contributed by atoms with Gasteiger partial charge in [0.05, 0.1) is 0 Å². The van der Waals surface area contributed by atoms with Crippen molar-refractivity contribution in [1.82, 2.24) is 0 Å². The number of hydrogen-bond acceptors (Lipinski definition) is 1. The van der Waals surface area contributed by atoms with E-state index in [2.05, 4.69) is 6.07 Å². The molecule has 1 aromatic rings. The van der Waals surface area contributed by atoms with Gasteiger partial charge in [0.15, 0.2) is 0 Å². The Bertz CT molecular complexity index is 186. The summed E-state index contributed by atoms with van der Waals surface area (Å²) in [6.07, 6.45) is -1.01. The van der Waals surface area contributed by atoms with Gasteiger partial charge in [-0.1, -0.05) is 24.3 Å². The minimum Gasteiger partial charge on any atom is -0.386 e. The quantitative estimate of drug-likeness (QED) is 0.658. The van der Waals surface area contributed by atoms with E-state index < -0.39 is 12.8 Å². The lowest BCUT2D eigenvalue weighted by Crippen LogP contribution is -1.98. The van der Waals surface area contributed by atoms with E-state index in [4.69, 9.17) is 5.11 Å². The van der Waals surface area contributed by atoms with Crippen molar-refractivity contribution < 1.29 is 9.50 Å². The molecule has 2 heteroatoms. The molecule has 0 aliphatic carbocycles. The smallest absolute Gasteiger partial charge is 0.119 e. The first-order valence-corrected chi connectivity index (χ1v) is 3.05. The molecule has 0 fully saturated rings. The van der Waals surface area contributed by atoms with Crippen LogP contribution in [-0.2, 0) is 0 Å². The van der Waals surface area contributed by atoms with Gasteiger partial charge in [-0.2, -0.15) is 0 Å². The predicted molar refractivity (Wildman–Crippen MR) is 36.2 cm³/mol. The van der Waals surface area contributed by atoms with Crippen LogP contribution in [0.15, 0.2) is 24.3 Å². The van der Waals surface area contributed by atoms with E-state index in [1.165, 1.54) is 0 Å². The molecular weight excluding hydrogens is 131 g/mol. The van der Waals surface area contributed by atoms with Crippen LogP contribution in [-0.4, -0.2) is 11.8 Å². The second kappa shape index (κ2) is 3.32. The minimum atomic E-state index is -1.01. The lowest BCUT2D eigenvalue weighted by molar-refractivity contribution is 0.141. The van der Waals surface area contributed by atoms with E-state index in [0.29, 0.717) is 5.56 Å². The summed E-state index contributed by atoms with van der Waals surface area (Å²) in [6, 6.07) is 9.53. The molecule has 53 valence electrons. The van der Waals surface area contributed by atoms with Crippen LogP contribution in [0, 0.1) is 6.07 Å². The summed E-state index contributed by atoms with van der Waals surface area (Å²) in [7, 11) is 0. The fraction of sp³-hybridized carbons (Fsp3) is 0.250. The molecule has 1 atom stereocenters. The van der Waals surface area contributed by atoms with E-state index in [-0.39, 0.29) is 0 Å². The Morgan fingerprint density at radius 1 is 1.60 bits per heavy atom. The van der Waals surface area contributed by atoms with Gasteiger partial charge < -0.3 is 5.11 Å². The number of benzene rings is 1. The largest absolute Gasteiger partial charge is 0.386 e. The molecule has 1 N–H and O–H groups in total. The molecule has 0 heterocycles. The zero-order valence-electron chi connectivity index (χ0n) is 5.42. The molecule has 0 amide bonds. The average molecular weight is 139 g/mol. The molecular formula is C8H8FO. The Balaban J connectivity index is 2.75. The van der Waals surface area contributed by atoms with E-state index in [1.54, 1.807) is 24.3 Å². The number of aliphatic hydroxyl groups excluding tert-OH is 1. The zero-order valence-corrected chi connectivity index (χ0v) is 5.42. The van der Waals surface area contributed by atoms with Crippen molar-refractivity contribution in [3.8, 4) is 0 Å². The van der Waals surface area contributed by atoms with Crippen molar-refractivity contribution in [2.75, 3.05) is 6.67 Å². The van der Waals surface area contributed by atoms with Crippen LogP contribution in [0.3, 0.4) is 0 Å². The zero-order chi connectivity index (χ0) is 7.40. The van der Waals surface area contributed by atoms with Crippen molar-refractivity contribution in [3.05, 3.63) is 35.9 Å². The molecule has 0 aliphatic heterocycles. The van der Waals surface area contributed by atoms with Gasteiger partial charge in [0.2, 0.25) is 0 Å². The lowest BCUT2D eigenvalue weighted by atomic mass is 10.1. The molecule has 0 saturated carbocycles. The van der Waals surface area contributed by atoms with Crippen LogP contribution in [0.25, 0.3) is 0 Å². The third-order valence-corrected chi connectivity index (χ3v) is 1.24. The maximum atomic E-state index is 11.8. The molecule has 0 spiro atoms. The number of halogens is 1. The molecule has 1 nitrogen and oxygen atoms in total. The molecule has 1 radical (unpaired) electrons. The van der Waals surface area contributed by atoms with Crippen LogP contribution >= 0.6 is 0 Å². The standard InChI is InChI=1S/C8H8FO/c9-6-8(10)7-4-2-1-3-5-7/h1-4,8,10H,6H2. The molecule has 1 rings (SSSR count). The van der Waals surface area contributed by atoms with Gasteiger partial charge >= 0.3 is 0 Å². The van der Waals surface area contributed by atoms with E-state index in [9.17, 15) is 4.39 Å². The Morgan fingerprint density at radius 2 is 2.40 bits per heavy atom. The molecule has 0 aliphatic rings. The van der Waals surface area contributed by atoms with Crippen molar-refractivity contribution in [2.45, 2.75) is 6.10 Å². The molecule has 10 heavy (non-hydrogen) atoms. The number of alkyl halides is 1. The van der Waals surface area contributed by atoms with Crippen molar-refractivity contribution >= 4 is 0 Å². The summed E-state index contributed by atoms with van der Waals surface area (Å²) < 4.78 is 11.8. The molecule has 0 aromatic heterocycles. The summed E-state index contributed by atoms with van der Waals surface area (Å²) >= 11 is 0. The fourth-order valence-electron chi connectivity index (χ4n) is 0.698. The number of rotatable bonds is 2. The summed E-state index contributed by atoms with van der Waals surface area (Å²) in [6.45, 7) is -0.749. The van der Waals surface area contributed by atoms with Gasteiger partial charge in [-0.15, -0.1) is 0 Å². The monoisotopic (exact) mass is 139 g/mol. The third-order valence-electron chi connectivity index (χ3n) is 1.24. The van der Waals surface area contributed by atoms with E-state index >= 15 is 0 Å². The van der Waals surface area contributed by atoms with Gasteiger partial charge in [0.1, 0.15) is 12.8 Å². The van der Waals surface area contributed by atoms with E-state index in [0.717, 1.165) is 0 Å². The average Bonchev–Trinajstić information content (AvgIpc) is 2.05. The lowest BCUT2D eigenvalue weighted by Gasteiger charge is -2.03. The molecule has 1 aromatic carbocycles. The maximum Gasteiger partial charge on any atom is 0.119 e. The summed E-state index contributed by atoms with van der Waals surface area (Å²) in [5.74, 6) is 0. The Labute approximate surface area is 59.1 Å². The normalized spacial score (nSPS) is 13.0. The van der Waals surface area contributed by atoms with Crippen molar-refractivity contribution in [2.24, 2.45) is 0 Å². The second-order valence-corrected chi connectivity index (χ2v) is 1.99. The SMILES string of the molecule is OC(CF)c1[c]cccc1. The fourth-order valence-corrected chi connectivity index (χ4v) is 0.698. The molecule has 0 bridgehead atoms. The van der Waals surface area contributed by atoms with Crippen LogP contribution in [0.5, 0.6) is 0 Å². The van der Waals surface area contributed by atoms with Crippen LogP contribution < -0.4 is 0 Å². The second-order valence-electron chi connectivity index (χ2n) is 1.99. The summed E-state index contributed by atoms with van der Waals surface area (Å²) in [5.41, 5.74) is 0.505. The van der Waals surface area contributed by atoms with Crippen LogP contribution in [0.1, 0.15) is 11.7 Å². The summed E-state index contributed by atoms with van der Waals surface area (Å²) in [5, 5.41) is 8.92. The van der Waals surface area contributed by atoms with Crippen molar-refractivity contribution in [3.63, 3.8) is 0 Å². The first-order valence-electron chi connectivity index (χ1n) is 3.05. The maximum absolute atomic E-state index is 11.8. The van der Waals surface area contributed by atoms with Gasteiger partial charge in [-0.25, -0.2) is 4.39 Å². The highest BCUT2D eigenvalue weighted by Gasteiger charge is 2.03. The Hall–Kier alpha value is -0.890. The van der Waals surface area contributed by atoms with Gasteiger partial charge in [0, 0.05) is 0 Å². The number of aliphatic hydroxyl groups is 1. The van der Waals surface area contributed by atoms with Gasteiger partial charge in [-0.3, -0.25) is 0 Å². The minimum absolute atomic E-state index is 0.505. The first-order chi connectivity index (χ1) is 4.84. The topological polar surface area (TPSA) is 20.2 Å². The molecule has 0 saturated heterocycles. The van der Waals surface area contributed by atoms with Crippen molar-refractivity contribution in [1.29, 1.82) is 0 Å². The molecule has 1 unspecified atom stereocenters. The first kappa shape index (κ1) is 7.22. The van der Waals surface area contributed by atoms with Crippen LogP contribution in [0.4, 0.5) is 4.39 Å². The highest BCUT2D eigenvalue weighted by molar-refractivity contribution is 5.15. The number of hydrogen-bond donors (Lipinski definition) is 1. The predicted octanol–water partition coefficient (Wildman–Crippen LogP) is 1.49. The van der Waals surface area contributed by atoms with E-state index in [1.807, 2.05) is 0 Å². The van der Waals surface area contributed by atoms with Gasteiger partial charge in [-0.05, 0) is 11.6 Å². The third kappa shape index (κ3) is 1.54. The van der Waals surface area contributed by atoms with Gasteiger partial charge in [0.25, 0.3) is 0 Å². The summed E-state index contributed by atoms with van der Waals surface area (Å²) in [4.78, 5) is 0. The highest BCUT2D eigenvalue weighted by atomic mass is 19.1.